The Hall–Kier alpha value is -0.930. The van der Waals surface area contributed by atoms with Crippen LogP contribution in [0.4, 0.5) is 5.69 Å². The molecule has 2 aromatic rings. The molecule has 2 rings (SSSR count). The van der Waals surface area contributed by atoms with Crippen molar-refractivity contribution < 1.29 is 4.79 Å². The monoisotopic (exact) mass is 374 g/mol. The number of thioether (sulfide) groups is 1. The number of benzene rings is 1. The summed E-state index contributed by atoms with van der Waals surface area (Å²) in [5, 5.41) is 7.83. The van der Waals surface area contributed by atoms with Crippen molar-refractivity contribution >= 4 is 58.5 Å². The van der Waals surface area contributed by atoms with E-state index in [0.717, 1.165) is 10.0 Å². The van der Waals surface area contributed by atoms with E-state index in [2.05, 4.69) is 10.4 Å². The average molecular weight is 375 g/mol. The van der Waals surface area contributed by atoms with Crippen molar-refractivity contribution in [1.82, 2.24) is 14.7 Å². The maximum absolute atomic E-state index is 12.0. The molecule has 5 nitrogen and oxygen atoms in total. The summed E-state index contributed by atoms with van der Waals surface area (Å²) in [6.07, 6.45) is 1.96. The van der Waals surface area contributed by atoms with E-state index in [4.69, 9.17) is 23.8 Å². The van der Waals surface area contributed by atoms with Crippen LogP contribution in [0.5, 0.6) is 0 Å². The summed E-state index contributed by atoms with van der Waals surface area (Å²) in [5.41, 5.74) is 0.720. The Morgan fingerprint density at radius 2 is 2.18 bits per heavy atom. The van der Waals surface area contributed by atoms with Gasteiger partial charge in [0.2, 0.25) is 5.91 Å². The number of rotatable bonds is 6. The zero-order chi connectivity index (χ0) is 16.1. The van der Waals surface area contributed by atoms with Crippen molar-refractivity contribution in [2.45, 2.75) is 11.0 Å². The highest BCUT2D eigenvalue weighted by Gasteiger charge is 2.10. The first-order valence-corrected chi connectivity index (χ1v) is 9.16. The number of aromatic nitrogens is 2. The molecule has 0 aliphatic rings. The maximum Gasteiger partial charge on any atom is 0.238 e. The van der Waals surface area contributed by atoms with E-state index in [1.807, 2.05) is 18.2 Å². The number of nitrogens with one attached hydrogen (secondary N) is 1. The number of hydrogen-bond acceptors (Lipinski definition) is 6. The molecule has 1 aromatic heterocycles. The van der Waals surface area contributed by atoms with E-state index >= 15 is 0 Å². The lowest BCUT2D eigenvalue weighted by Gasteiger charge is -2.16. The Labute approximate surface area is 147 Å². The van der Waals surface area contributed by atoms with Crippen LogP contribution >= 0.6 is 46.9 Å². The lowest BCUT2D eigenvalue weighted by molar-refractivity contribution is -0.117. The third kappa shape index (κ3) is 5.06. The minimum absolute atomic E-state index is 0.100. The SMILES string of the molecule is CSc1nn(CN(C)CC(=O)Nc2ccc(Cl)cc2)c(=S)s1. The van der Waals surface area contributed by atoms with Gasteiger partial charge in [0.25, 0.3) is 0 Å². The van der Waals surface area contributed by atoms with Crippen LogP contribution < -0.4 is 5.32 Å². The topological polar surface area (TPSA) is 50.2 Å². The van der Waals surface area contributed by atoms with Crippen molar-refractivity contribution in [2.75, 3.05) is 25.2 Å². The summed E-state index contributed by atoms with van der Waals surface area (Å²) < 4.78 is 3.35. The molecule has 22 heavy (non-hydrogen) atoms. The number of carbonyl (C=O) groups excluding carboxylic acids is 1. The van der Waals surface area contributed by atoms with Crippen molar-refractivity contribution in [1.29, 1.82) is 0 Å². The molecule has 1 aromatic carbocycles. The van der Waals surface area contributed by atoms with Crippen LogP contribution in [0, 0.1) is 3.95 Å². The summed E-state index contributed by atoms with van der Waals surface area (Å²) >= 11 is 14.1. The summed E-state index contributed by atoms with van der Waals surface area (Å²) in [7, 11) is 1.85. The molecular formula is C13H15ClN4OS3. The Morgan fingerprint density at radius 1 is 1.50 bits per heavy atom. The molecular weight excluding hydrogens is 360 g/mol. The molecule has 1 amide bonds. The summed E-state index contributed by atoms with van der Waals surface area (Å²) in [6, 6.07) is 7.00. The number of anilines is 1. The zero-order valence-corrected chi connectivity index (χ0v) is 15.3. The third-order valence-electron chi connectivity index (χ3n) is 2.68. The molecule has 1 N–H and O–H groups in total. The van der Waals surface area contributed by atoms with E-state index in [-0.39, 0.29) is 12.5 Å². The second-order valence-corrected chi connectivity index (χ2v) is 7.66. The van der Waals surface area contributed by atoms with E-state index < -0.39 is 0 Å². The van der Waals surface area contributed by atoms with E-state index in [0.29, 0.717) is 15.6 Å². The largest absolute Gasteiger partial charge is 0.325 e. The number of halogens is 1. The standard InChI is InChI=1S/C13H15ClN4OS3/c1-17(8-18-13(20)22-12(16-18)21-2)7-11(19)15-10-5-3-9(14)4-6-10/h3-6H,7-8H2,1-2H3,(H,15,19). The average Bonchev–Trinajstić information content (AvgIpc) is 2.81. The van der Waals surface area contributed by atoms with Crippen LogP contribution in [0.3, 0.4) is 0 Å². The Kier molecular flexibility index (Phi) is 6.39. The van der Waals surface area contributed by atoms with Crippen LogP contribution in [0.2, 0.25) is 5.02 Å². The molecule has 0 atom stereocenters. The molecule has 0 saturated heterocycles. The second kappa shape index (κ2) is 8.07. The summed E-state index contributed by atoms with van der Waals surface area (Å²) in [5.74, 6) is -0.100. The number of carbonyl (C=O) groups is 1. The van der Waals surface area contributed by atoms with E-state index in [1.54, 1.807) is 40.7 Å². The predicted octanol–water partition coefficient (Wildman–Crippen LogP) is 3.58. The summed E-state index contributed by atoms with van der Waals surface area (Å²) in [4.78, 5) is 13.9. The first-order chi connectivity index (χ1) is 10.5. The molecule has 0 spiro atoms. The van der Waals surface area contributed by atoms with E-state index in [9.17, 15) is 4.79 Å². The highest BCUT2D eigenvalue weighted by atomic mass is 35.5. The smallest absolute Gasteiger partial charge is 0.238 e. The van der Waals surface area contributed by atoms with Gasteiger partial charge in [-0.1, -0.05) is 34.7 Å². The highest BCUT2D eigenvalue weighted by molar-refractivity contribution is 8.00. The fraction of sp³-hybridized carbons (Fsp3) is 0.308. The van der Waals surface area contributed by atoms with Gasteiger partial charge in [0.1, 0.15) is 0 Å². The lowest BCUT2D eigenvalue weighted by Crippen LogP contribution is -2.32. The quantitative estimate of drug-likeness (QED) is 0.618. The van der Waals surface area contributed by atoms with Gasteiger partial charge in [-0.05, 0) is 49.8 Å². The molecule has 0 aliphatic heterocycles. The fourth-order valence-corrected chi connectivity index (χ4v) is 3.58. The second-order valence-electron chi connectivity index (χ2n) is 4.55. The molecule has 0 aliphatic carbocycles. The Balaban J connectivity index is 1.89. The van der Waals surface area contributed by atoms with Crippen LogP contribution in [0.25, 0.3) is 0 Å². The van der Waals surface area contributed by atoms with Gasteiger partial charge in [-0.3, -0.25) is 9.69 Å². The van der Waals surface area contributed by atoms with E-state index in [1.165, 1.54) is 11.3 Å². The zero-order valence-electron chi connectivity index (χ0n) is 12.1. The van der Waals surface area contributed by atoms with Gasteiger partial charge in [0, 0.05) is 10.7 Å². The molecule has 0 saturated carbocycles. The van der Waals surface area contributed by atoms with Crippen LogP contribution in [0.1, 0.15) is 0 Å². The molecule has 0 fully saturated rings. The minimum Gasteiger partial charge on any atom is -0.325 e. The van der Waals surface area contributed by atoms with Gasteiger partial charge in [0.15, 0.2) is 8.29 Å². The van der Waals surface area contributed by atoms with Gasteiger partial charge in [-0.15, -0.1) is 0 Å². The van der Waals surface area contributed by atoms with Gasteiger partial charge in [0.05, 0.1) is 13.2 Å². The number of likely N-dealkylation sites (N-methyl/N-ethyl adjacent to an activating group) is 1. The van der Waals surface area contributed by atoms with Gasteiger partial charge in [-0.2, -0.15) is 5.10 Å². The normalized spacial score (nSPS) is 10.9. The van der Waals surface area contributed by atoms with Gasteiger partial charge < -0.3 is 5.32 Å². The minimum atomic E-state index is -0.100. The number of amides is 1. The third-order valence-corrected chi connectivity index (χ3v) is 5.21. The van der Waals surface area contributed by atoms with Crippen LogP contribution in [0.15, 0.2) is 28.6 Å². The lowest BCUT2D eigenvalue weighted by atomic mass is 10.3. The number of hydrogen-bond donors (Lipinski definition) is 1. The maximum atomic E-state index is 12.0. The number of nitrogens with zero attached hydrogens (tertiary/aromatic N) is 3. The van der Waals surface area contributed by atoms with Crippen molar-refractivity contribution in [3.8, 4) is 0 Å². The molecule has 0 radical (unpaired) electrons. The highest BCUT2D eigenvalue weighted by Crippen LogP contribution is 2.19. The summed E-state index contributed by atoms with van der Waals surface area (Å²) in [6.45, 7) is 0.723. The Bertz CT molecular complexity index is 698. The van der Waals surface area contributed by atoms with Gasteiger partial charge >= 0.3 is 0 Å². The Morgan fingerprint density at radius 3 is 2.77 bits per heavy atom. The first-order valence-electron chi connectivity index (χ1n) is 6.34. The molecule has 9 heteroatoms. The van der Waals surface area contributed by atoms with Crippen molar-refractivity contribution in [2.24, 2.45) is 0 Å². The first kappa shape index (κ1) is 17.4. The molecule has 118 valence electrons. The van der Waals surface area contributed by atoms with Crippen LogP contribution in [-0.2, 0) is 11.5 Å². The molecule has 0 bridgehead atoms. The molecule has 0 unspecified atom stereocenters. The van der Waals surface area contributed by atoms with Crippen LogP contribution in [-0.4, -0.2) is 40.4 Å². The predicted molar refractivity (Wildman–Crippen MR) is 95.4 cm³/mol. The molecule has 1 heterocycles. The van der Waals surface area contributed by atoms with Crippen molar-refractivity contribution in [3.05, 3.63) is 33.2 Å². The fourth-order valence-electron chi connectivity index (χ4n) is 1.72. The van der Waals surface area contributed by atoms with Gasteiger partial charge in [-0.25, -0.2) is 4.68 Å². The van der Waals surface area contributed by atoms with Crippen molar-refractivity contribution in [3.63, 3.8) is 0 Å².